The van der Waals surface area contributed by atoms with Gasteiger partial charge < -0.3 is 0 Å². The molecule has 4 nitrogen and oxygen atoms in total. The second-order valence-corrected chi connectivity index (χ2v) is 3.69. The number of aryl methyl sites for hydroxylation is 1. The molecule has 0 aliphatic carbocycles. The Bertz CT molecular complexity index is 642. The highest BCUT2D eigenvalue weighted by Gasteiger charge is 2.06. The molecule has 3 rings (SSSR count). The van der Waals surface area contributed by atoms with E-state index in [2.05, 4.69) is 34.4 Å². The van der Waals surface area contributed by atoms with Gasteiger partial charge >= 0.3 is 0 Å². The molecule has 4 heteroatoms. The van der Waals surface area contributed by atoms with Crippen LogP contribution in [-0.2, 0) is 0 Å². The average molecular weight is 210 g/mol. The van der Waals surface area contributed by atoms with E-state index >= 15 is 0 Å². The lowest BCUT2D eigenvalue weighted by Gasteiger charge is -2.01. The normalized spacial score (nSPS) is 10.8. The predicted octanol–water partition coefficient (Wildman–Crippen LogP) is 2.12. The van der Waals surface area contributed by atoms with Gasteiger partial charge in [-0.05, 0) is 36.8 Å². The summed E-state index contributed by atoms with van der Waals surface area (Å²) < 4.78 is 1.75. The smallest absolute Gasteiger partial charge is 0.183 e. The molecule has 2 heterocycles. The van der Waals surface area contributed by atoms with E-state index in [1.165, 1.54) is 5.56 Å². The highest BCUT2D eigenvalue weighted by atomic mass is 15.4. The first-order chi connectivity index (χ1) is 7.84. The zero-order valence-corrected chi connectivity index (χ0v) is 8.83. The molecule has 16 heavy (non-hydrogen) atoms. The summed E-state index contributed by atoms with van der Waals surface area (Å²) in [6.07, 6.45) is 1.75. The SMILES string of the molecule is Cc1cccc(-n2nnc3cccnc32)c1. The van der Waals surface area contributed by atoms with Gasteiger partial charge in [-0.15, -0.1) is 5.10 Å². The topological polar surface area (TPSA) is 43.6 Å². The molecule has 0 unspecified atom stereocenters. The molecule has 3 aromatic rings. The van der Waals surface area contributed by atoms with Crippen LogP contribution in [0.5, 0.6) is 0 Å². The number of hydrogen-bond acceptors (Lipinski definition) is 3. The highest BCUT2D eigenvalue weighted by molar-refractivity contribution is 5.71. The molecule has 0 spiro atoms. The number of nitrogens with zero attached hydrogens (tertiary/aromatic N) is 4. The Hall–Kier alpha value is -2.23. The molecule has 0 saturated heterocycles. The van der Waals surface area contributed by atoms with Crippen LogP contribution in [0, 0.1) is 6.92 Å². The molecule has 0 aliphatic heterocycles. The summed E-state index contributed by atoms with van der Waals surface area (Å²) >= 11 is 0. The molecule has 0 fully saturated rings. The molecule has 0 N–H and O–H groups in total. The maximum atomic E-state index is 4.29. The third-order valence-electron chi connectivity index (χ3n) is 2.45. The Morgan fingerprint density at radius 3 is 2.94 bits per heavy atom. The van der Waals surface area contributed by atoms with Crippen molar-refractivity contribution in [2.75, 3.05) is 0 Å². The first-order valence-electron chi connectivity index (χ1n) is 5.08. The lowest BCUT2D eigenvalue weighted by atomic mass is 10.2. The number of benzene rings is 1. The number of rotatable bonds is 1. The predicted molar refractivity (Wildman–Crippen MR) is 61.4 cm³/mol. The Morgan fingerprint density at radius 2 is 2.06 bits per heavy atom. The monoisotopic (exact) mass is 210 g/mol. The van der Waals surface area contributed by atoms with Crippen molar-refractivity contribution in [3.63, 3.8) is 0 Å². The minimum atomic E-state index is 0.785. The van der Waals surface area contributed by atoms with Crippen molar-refractivity contribution in [1.82, 2.24) is 20.0 Å². The van der Waals surface area contributed by atoms with Gasteiger partial charge in [0.2, 0.25) is 0 Å². The summed E-state index contributed by atoms with van der Waals surface area (Å²) in [6, 6.07) is 11.9. The lowest BCUT2D eigenvalue weighted by molar-refractivity contribution is 0.816. The second-order valence-electron chi connectivity index (χ2n) is 3.69. The summed E-state index contributed by atoms with van der Waals surface area (Å²) in [5, 5.41) is 8.19. The van der Waals surface area contributed by atoms with Gasteiger partial charge in [-0.1, -0.05) is 17.3 Å². The fraction of sp³-hybridized carbons (Fsp3) is 0.0833. The fourth-order valence-corrected chi connectivity index (χ4v) is 1.70. The summed E-state index contributed by atoms with van der Waals surface area (Å²) in [7, 11) is 0. The minimum Gasteiger partial charge on any atom is -0.235 e. The minimum absolute atomic E-state index is 0.785. The van der Waals surface area contributed by atoms with Gasteiger partial charge in [-0.25, -0.2) is 4.98 Å². The maximum Gasteiger partial charge on any atom is 0.183 e. The quantitative estimate of drug-likeness (QED) is 0.618. The molecule has 0 amide bonds. The molecule has 0 aliphatic rings. The Balaban J connectivity index is 2.26. The standard InChI is InChI=1S/C12H10N4/c1-9-4-2-5-10(8-9)16-12-11(14-15-16)6-3-7-13-12/h2-8H,1H3. The third-order valence-corrected chi connectivity index (χ3v) is 2.45. The summed E-state index contributed by atoms with van der Waals surface area (Å²) in [5.74, 6) is 0. The van der Waals surface area contributed by atoms with Crippen molar-refractivity contribution in [3.05, 3.63) is 48.2 Å². The van der Waals surface area contributed by atoms with Crippen LogP contribution in [0.1, 0.15) is 5.56 Å². The zero-order chi connectivity index (χ0) is 11.0. The number of hydrogen-bond donors (Lipinski definition) is 0. The molecule has 0 saturated carbocycles. The molecule has 0 radical (unpaired) electrons. The van der Waals surface area contributed by atoms with Crippen molar-refractivity contribution in [2.24, 2.45) is 0 Å². The highest BCUT2D eigenvalue weighted by Crippen LogP contribution is 2.14. The number of fused-ring (bicyclic) bond motifs is 1. The summed E-state index contributed by atoms with van der Waals surface area (Å²) in [5.41, 5.74) is 3.77. The number of pyridine rings is 1. The molecular formula is C12H10N4. The summed E-state index contributed by atoms with van der Waals surface area (Å²) in [6.45, 7) is 2.05. The third kappa shape index (κ3) is 1.35. The molecule has 1 aromatic carbocycles. The number of aromatic nitrogens is 4. The van der Waals surface area contributed by atoms with E-state index in [1.54, 1.807) is 10.9 Å². The first kappa shape index (κ1) is 9.03. The zero-order valence-electron chi connectivity index (χ0n) is 8.83. The lowest BCUT2D eigenvalue weighted by Crippen LogP contribution is -1.97. The van der Waals surface area contributed by atoms with E-state index in [-0.39, 0.29) is 0 Å². The van der Waals surface area contributed by atoms with Crippen LogP contribution in [0.15, 0.2) is 42.6 Å². The Labute approximate surface area is 92.6 Å². The Kier molecular flexibility index (Phi) is 1.93. The summed E-state index contributed by atoms with van der Waals surface area (Å²) in [4.78, 5) is 4.29. The van der Waals surface area contributed by atoms with Gasteiger partial charge in [0, 0.05) is 6.20 Å². The second kappa shape index (κ2) is 3.41. The van der Waals surface area contributed by atoms with Crippen LogP contribution >= 0.6 is 0 Å². The van der Waals surface area contributed by atoms with Gasteiger partial charge in [-0.3, -0.25) is 0 Å². The van der Waals surface area contributed by atoms with Gasteiger partial charge in [0.15, 0.2) is 5.65 Å². The van der Waals surface area contributed by atoms with Crippen LogP contribution in [0.25, 0.3) is 16.9 Å². The fourth-order valence-electron chi connectivity index (χ4n) is 1.70. The molecular weight excluding hydrogens is 200 g/mol. The van der Waals surface area contributed by atoms with Crippen molar-refractivity contribution < 1.29 is 0 Å². The van der Waals surface area contributed by atoms with E-state index < -0.39 is 0 Å². The van der Waals surface area contributed by atoms with Gasteiger partial charge in [0.1, 0.15) is 5.52 Å². The molecule has 0 atom stereocenters. The molecule has 78 valence electrons. The van der Waals surface area contributed by atoms with Crippen molar-refractivity contribution in [1.29, 1.82) is 0 Å². The van der Waals surface area contributed by atoms with Crippen molar-refractivity contribution >= 4 is 11.2 Å². The van der Waals surface area contributed by atoms with E-state index in [0.29, 0.717) is 0 Å². The van der Waals surface area contributed by atoms with Crippen LogP contribution in [0.4, 0.5) is 0 Å². The van der Waals surface area contributed by atoms with Crippen LogP contribution < -0.4 is 0 Å². The van der Waals surface area contributed by atoms with Crippen LogP contribution in [0.3, 0.4) is 0 Å². The van der Waals surface area contributed by atoms with E-state index in [1.807, 2.05) is 24.3 Å². The first-order valence-corrected chi connectivity index (χ1v) is 5.08. The van der Waals surface area contributed by atoms with Crippen molar-refractivity contribution in [3.8, 4) is 5.69 Å². The van der Waals surface area contributed by atoms with Crippen LogP contribution in [-0.4, -0.2) is 20.0 Å². The van der Waals surface area contributed by atoms with Gasteiger partial charge in [-0.2, -0.15) is 4.68 Å². The Morgan fingerprint density at radius 1 is 1.12 bits per heavy atom. The molecule has 2 aromatic heterocycles. The van der Waals surface area contributed by atoms with Gasteiger partial charge in [0.25, 0.3) is 0 Å². The van der Waals surface area contributed by atoms with E-state index in [0.717, 1.165) is 16.9 Å². The van der Waals surface area contributed by atoms with Crippen molar-refractivity contribution in [2.45, 2.75) is 6.92 Å². The van der Waals surface area contributed by atoms with E-state index in [9.17, 15) is 0 Å². The largest absolute Gasteiger partial charge is 0.235 e. The maximum absolute atomic E-state index is 4.29. The van der Waals surface area contributed by atoms with Crippen LogP contribution in [0.2, 0.25) is 0 Å². The van der Waals surface area contributed by atoms with Gasteiger partial charge in [0.05, 0.1) is 5.69 Å². The molecule has 0 bridgehead atoms. The average Bonchev–Trinajstić information content (AvgIpc) is 2.72. The van der Waals surface area contributed by atoms with E-state index in [4.69, 9.17) is 0 Å².